The highest BCUT2D eigenvalue weighted by Crippen LogP contribution is 2.27. The number of anilines is 1. The third-order valence-corrected chi connectivity index (χ3v) is 4.61. The molecule has 2 aromatic rings. The molecule has 1 amide bonds. The van der Waals surface area contributed by atoms with Crippen molar-refractivity contribution in [3.05, 3.63) is 26.8 Å². The van der Waals surface area contributed by atoms with Gasteiger partial charge in [0.05, 0.1) is 15.7 Å². The van der Waals surface area contributed by atoms with Crippen LogP contribution in [0.4, 0.5) is 5.00 Å². The van der Waals surface area contributed by atoms with Crippen LogP contribution in [-0.4, -0.2) is 22.4 Å². The predicted octanol–water partition coefficient (Wildman–Crippen LogP) is 2.86. The summed E-state index contributed by atoms with van der Waals surface area (Å²) in [5.74, 6) is 0.320. The van der Waals surface area contributed by atoms with Gasteiger partial charge in [0.15, 0.2) is 0 Å². The molecule has 0 saturated heterocycles. The molecule has 2 aromatic heterocycles. The highest BCUT2D eigenvalue weighted by molar-refractivity contribution is 7.16. The topological polar surface area (TPSA) is 80.9 Å². The molecule has 0 saturated carbocycles. The van der Waals surface area contributed by atoms with Gasteiger partial charge in [-0.2, -0.15) is 0 Å². The molecular formula is C14H20N4OS2. The third-order valence-electron chi connectivity index (χ3n) is 2.78. The highest BCUT2D eigenvalue weighted by Gasteiger charge is 2.16. The van der Waals surface area contributed by atoms with Crippen molar-refractivity contribution in [2.75, 3.05) is 11.9 Å². The minimum atomic E-state index is -0.178. The molecule has 2 heterocycles. The average molecular weight is 324 g/mol. The van der Waals surface area contributed by atoms with E-state index >= 15 is 0 Å². The van der Waals surface area contributed by atoms with Gasteiger partial charge in [0.1, 0.15) is 10.7 Å². The summed E-state index contributed by atoms with van der Waals surface area (Å²) >= 11 is 2.98. The number of aromatic nitrogens is 2. The van der Waals surface area contributed by atoms with Crippen molar-refractivity contribution in [2.24, 2.45) is 11.7 Å². The molecule has 0 radical (unpaired) electrons. The van der Waals surface area contributed by atoms with Gasteiger partial charge < -0.3 is 11.1 Å². The van der Waals surface area contributed by atoms with Crippen molar-refractivity contribution >= 4 is 33.6 Å². The summed E-state index contributed by atoms with van der Waals surface area (Å²) in [4.78, 5) is 21.1. The van der Waals surface area contributed by atoms with E-state index in [1.807, 2.05) is 6.92 Å². The molecule has 7 heteroatoms. The molecule has 0 aromatic carbocycles. The lowest BCUT2D eigenvalue weighted by Gasteiger charge is -2.05. The molecular weight excluding hydrogens is 304 g/mol. The molecule has 5 nitrogen and oxygen atoms in total. The van der Waals surface area contributed by atoms with E-state index in [1.54, 1.807) is 5.38 Å². The van der Waals surface area contributed by atoms with E-state index in [1.165, 1.54) is 22.7 Å². The van der Waals surface area contributed by atoms with Crippen molar-refractivity contribution < 1.29 is 4.79 Å². The first kappa shape index (κ1) is 16.1. The maximum atomic E-state index is 12.3. The number of nitrogens with two attached hydrogens (primary N) is 1. The second-order valence-corrected chi connectivity index (χ2v) is 7.37. The van der Waals surface area contributed by atoms with Crippen molar-refractivity contribution in [3.63, 3.8) is 0 Å². The second-order valence-electron chi connectivity index (χ2n) is 5.23. The molecule has 0 bridgehead atoms. The van der Waals surface area contributed by atoms with E-state index in [0.29, 0.717) is 24.6 Å². The first-order valence-corrected chi connectivity index (χ1v) is 8.61. The molecule has 0 aliphatic rings. The van der Waals surface area contributed by atoms with Crippen LogP contribution in [0.15, 0.2) is 5.38 Å². The molecule has 0 fully saturated rings. The zero-order chi connectivity index (χ0) is 15.4. The quantitative estimate of drug-likeness (QED) is 0.856. The van der Waals surface area contributed by atoms with Gasteiger partial charge in [0.25, 0.3) is 5.91 Å². The van der Waals surface area contributed by atoms with Gasteiger partial charge in [-0.05, 0) is 25.8 Å². The number of carbonyl (C=O) groups is 1. The Kier molecular flexibility index (Phi) is 5.44. The minimum absolute atomic E-state index is 0.178. The number of amides is 1. The third kappa shape index (κ3) is 4.33. The number of thiazole rings is 2. The Bertz CT molecular complexity index is 618. The summed E-state index contributed by atoms with van der Waals surface area (Å²) in [7, 11) is 0. The van der Waals surface area contributed by atoms with Crippen LogP contribution in [0, 0.1) is 12.8 Å². The summed E-state index contributed by atoms with van der Waals surface area (Å²) in [5, 5.41) is 7.40. The van der Waals surface area contributed by atoms with E-state index < -0.39 is 0 Å². The fourth-order valence-electron chi connectivity index (χ4n) is 1.91. The van der Waals surface area contributed by atoms with Crippen molar-refractivity contribution in [1.29, 1.82) is 0 Å². The summed E-state index contributed by atoms with van der Waals surface area (Å²) in [6.07, 6.45) is 1.56. The van der Waals surface area contributed by atoms with Crippen LogP contribution in [0.3, 0.4) is 0 Å². The number of nitrogens with one attached hydrogen (secondary N) is 1. The standard InChI is InChI=1S/C14H20N4OS2/c1-8(2)6-10-14(21-9(3)16-10)18-13(19)11-7-20-12(17-11)4-5-15/h7-8H,4-6,15H2,1-3H3,(H,18,19). The Hall–Kier alpha value is -1.31. The van der Waals surface area contributed by atoms with E-state index in [0.717, 1.165) is 27.1 Å². The van der Waals surface area contributed by atoms with Crippen LogP contribution < -0.4 is 11.1 Å². The van der Waals surface area contributed by atoms with Crippen LogP contribution in [0.5, 0.6) is 0 Å². The minimum Gasteiger partial charge on any atom is -0.330 e. The zero-order valence-corrected chi connectivity index (χ0v) is 14.1. The molecule has 0 aliphatic heterocycles. The van der Waals surface area contributed by atoms with E-state index in [2.05, 4.69) is 29.1 Å². The number of carbonyl (C=O) groups excluding carboxylic acids is 1. The zero-order valence-electron chi connectivity index (χ0n) is 12.5. The summed E-state index contributed by atoms with van der Waals surface area (Å²) < 4.78 is 0. The lowest BCUT2D eigenvalue weighted by molar-refractivity contribution is 0.102. The SMILES string of the molecule is Cc1nc(CC(C)C)c(NC(=O)c2csc(CCN)n2)s1. The normalized spacial score (nSPS) is 11.1. The maximum Gasteiger partial charge on any atom is 0.275 e. The molecule has 21 heavy (non-hydrogen) atoms. The van der Waals surface area contributed by atoms with E-state index in [4.69, 9.17) is 5.73 Å². The Labute approximate surface area is 132 Å². The molecule has 2 rings (SSSR count). The Morgan fingerprint density at radius 1 is 1.43 bits per heavy atom. The summed E-state index contributed by atoms with van der Waals surface area (Å²) in [6, 6.07) is 0. The molecule has 0 spiro atoms. The van der Waals surface area contributed by atoms with Gasteiger partial charge in [-0.15, -0.1) is 22.7 Å². The fourth-order valence-corrected chi connectivity index (χ4v) is 3.55. The smallest absolute Gasteiger partial charge is 0.275 e. The number of rotatable bonds is 6. The average Bonchev–Trinajstić information content (AvgIpc) is 2.97. The second kappa shape index (κ2) is 7.11. The monoisotopic (exact) mass is 324 g/mol. The first-order chi connectivity index (χ1) is 9.99. The number of hydrogen-bond donors (Lipinski definition) is 2. The Balaban J connectivity index is 2.11. The Morgan fingerprint density at radius 3 is 2.86 bits per heavy atom. The lowest BCUT2D eigenvalue weighted by Crippen LogP contribution is -2.13. The molecule has 0 atom stereocenters. The summed E-state index contributed by atoms with van der Waals surface area (Å²) in [5.41, 5.74) is 6.90. The van der Waals surface area contributed by atoms with Crippen LogP contribution >= 0.6 is 22.7 Å². The van der Waals surface area contributed by atoms with Gasteiger partial charge in [-0.1, -0.05) is 13.8 Å². The van der Waals surface area contributed by atoms with Crippen molar-refractivity contribution in [2.45, 2.75) is 33.6 Å². The van der Waals surface area contributed by atoms with E-state index in [-0.39, 0.29) is 5.91 Å². The maximum absolute atomic E-state index is 12.3. The van der Waals surface area contributed by atoms with Gasteiger partial charge in [-0.25, -0.2) is 9.97 Å². The van der Waals surface area contributed by atoms with Gasteiger partial charge in [0, 0.05) is 11.8 Å². The van der Waals surface area contributed by atoms with Crippen molar-refractivity contribution in [1.82, 2.24) is 9.97 Å². The summed E-state index contributed by atoms with van der Waals surface area (Å²) in [6.45, 7) is 6.77. The molecule has 114 valence electrons. The van der Waals surface area contributed by atoms with Gasteiger partial charge in [-0.3, -0.25) is 4.79 Å². The van der Waals surface area contributed by atoms with Crippen LogP contribution in [0.25, 0.3) is 0 Å². The van der Waals surface area contributed by atoms with Gasteiger partial charge in [0.2, 0.25) is 0 Å². The molecule has 0 unspecified atom stereocenters. The van der Waals surface area contributed by atoms with Crippen LogP contribution in [0.1, 0.15) is 40.0 Å². The lowest BCUT2D eigenvalue weighted by atomic mass is 10.1. The Morgan fingerprint density at radius 2 is 2.19 bits per heavy atom. The number of nitrogens with zero attached hydrogens (tertiary/aromatic N) is 2. The molecule has 3 N–H and O–H groups in total. The van der Waals surface area contributed by atoms with Crippen molar-refractivity contribution in [3.8, 4) is 0 Å². The molecule has 0 aliphatic carbocycles. The van der Waals surface area contributed by atoms with Gasteiger partial charge >= 0.3 is 0 Å². The van der Waals surface area contributed by atoms with Crippen LogP contribution in [0.2, 0.25) is 0 Å². The largest absolute Gasteiger partial charge is 0.330 e. The fraction of sp³-hybridized carbons (Fsp3) is 0.500. The predicted molar refractivity (Wildman–Crippen MR) is 88.2 cm³/mol. The van der Waals surface area contributed by atoms with Crippen LogP contribution in [-0.2, 0) is 12.8 Å². The van der Waals surface area contributed by atoms with E-state index in [9.17, 15) is 4.79 Å². The number of aryl methyl sites for hydroxylation is 1. The first-order valence-electron chi connectivity index (χ1n) is 6.91. The number of hydrogen-bond acceptors (Lipinski definition) is 6. The highest BCUT2D eigenvalue weighted by atomic mass is 32.1.